The standard InChI is InChI=1S/C15H31N3O/c1-12(2)18(11-13-7-8-13)10-6-5-9-15(3,17-4)14(16)19/h12-13,17H,5-11H2,1-4H3,(H2,16,19). The molecule has 1 aliphatic carbocycles. The molecule has 1 fully saturated rings. The van der Waals surface area contributed by atoms with Crippen LogP contribution in [0.15, 0.2) is 0 Å². The van der Waals surface area contributed by atoms with Gasteiger partial charge in [-0.15, -0.1) is 0 Å². The number of hydrogen-bond acceptors (Lipinski definition) is 3. The molecule has 1 aliphatic rings. The van der Waals surface area contributed by atoms with E-state index in [9.17, 15) is 4.79 Å². The summed E-state index contributed by atoms with van der Waals surface area (Å²) in [5.74, 6) is 0.685. The van der Waals surface area contributed by atoms with Crippen LogP contribution in [0.5, 0.6) is 0 Å². The Bertz CT molecular complexity index is 289. The highest BCUT2D eigenvalue weighted by atomic mass is 16.1. The molecule has 0 aliphatic heterocycles. The maximum Gasteiger partial charge on any atom is 0.237 e. The van der Waals surface area contributed by atoms with Gasteiger partial charge in [0.05, 0.1) is 5.54 Å². The molecule has 1 rings (SSSR count). The molecule has 3 N–H and O–H groups in total. The van der Waals surface area contributed by atoms with E-state index < -0.39 is 5.54 Å². The van der Waals surface area contributed by atoms with Gasteiger partial charge >= 0.3 is 0 Å². The van der Waals surface area contributed by atoms with Gasteiger partial charge in [0.2, 0.25) is 5.91 Å². The van der Waals surface area contributed by atoms with Gasteiger partial charge in [0.25, 0.3) is 0 Å². The predicted octanol–water partition coefficient (Wildman–Crippen LogP) is 1.74. The van der Waals surface area contributed by atoms with Crippen molar-refractivity contribution in [2.75, 3.05) is 20.1 Å². The van der Waals surface area contributed by atoms with E-state index in [1.165, 1.54) is 19.4 Å². The van der Waals surface area contributed by atoms with Crippen molar-refractivity contribution in [2.24, 2.45) is 11.7 Å². The number of carbonyl (C=O) groups is 1. The van der Waals surface area contributed by atoms with Crippen LogP contribution in [0.2, 0.25) is 0 Å². The Morgan fingerprint density at radius 1 is 1.42 bits per heavy atom. The average Bonchev–Trinajstić information content (AvgIpc) is 3.16. The Balaban J connectivity index is 2.25. The van der Waals surface area contributed by atoms with Gasteiger partial charge in [-0.25, -0.2) is 0 Å². The van der Waals surface area contributed by atoms with E-state index >= 15 is 0 Å². The highest BCUT2D eigenvalue weighted by Crippen LogP contribution is 2.30. The van der Waals surface area contributed by atoms with Gasteiger partial charge in [0.15, 0.2) is 0 Å². The van der Waals surface area contributed by atoms with Crippen LogP contribution in [0.1, 0.15) is 52.9 Å². The second-order valence-electron chi connectivity index (χ2n) is 6.44. The Labute approximate surface area is 118 Å². The molecule has 19 heavy (non-hydrogen) atoms. The smallest absolute Gasteiger partial charge is 0.237 e. The van der Waals surface area contributed by atoms with Gasteiger partial charge in [-0.2, -0.15) is 0 Å². The van der Waals surface area contributed by atoms with Crippen LogP contribution in [0.3, 0.4) is 0 Å². The number of likely N-dealkylation sites (N-methyl/N-ethyl adjacent to an activating group) is 1. The number of nitrogens with one attached hydrogen (secondary N) is 1. The lowest BCUT2D eigenvalue weighted by Crippen LogP contribution is -2.51. The summed E-state index contributed by atoms with van der Waals surface area (Å²) in [6, 6.07) is 0.618. The van der Waals surface area contributed by atoms with E-state index in [4.69, 9.17) is 5.73 Å². The first-order valence-electron chi connectivity index (χ1n) is 7.62. The molecule has 0 radical (unpaired) electrons. The van der Waals surface area contributed by atoms with Gasteiger partial charge in [0, 0.05) is 12.6 Å². The second kappa shape index (κ2) is 7.25. The summed E-state index contributed by atoms with van der Waals surface area (Å²) in [5.41, 5.74) is 4.88. The van der Waals surface area contributed by atoms with Crippen LogP contribution in [-0.2, 0) is 4.79 Å². The first kappa shape index (κ1) is 16.4. The molecule has 1 saturated carbocycles. The minimum absolute atomic E-state index is 0.256. The van der Waals surface area contributed by atoms with Crippen molar-refractivity contribution in [2.45, 2.75) is 64.5 Å². The van der Waals surface area contributed by atoms with E-state index in [1.807, 2.05) is 6.92 Å². The maximum atomic E-state index is 11.4. The zero-order valence-corrected chi connectivity index (χ0v) is 13.0. The molecule has 0 bridgehead atoms. The molecule has 0 aromatic heterocycles. The fourth-order valence-corrected chi connectivity index (χ4v) is 2.36. The van der Waals surface area contributed by atoms with Crippen LogP contribution in [0, 0.1) is 5.92 Å². The Morgan fingerprint density at radius 3 is 2.47 bits per heavy atom. The summed E-state index contributed by atoms with van der Waals surface area (Å²) in [4.78, 5) is 14.0. The number of primary amides is 1. The largest absolute Gasteiger partial charge is 0.368 e. The SMILES string of the molecule is CNC(C)(CCCCN(CC1CC1)C(C)C)C(N)=O. The topological polar surface area (TPSA) is 58.4 Å². The molecule has 0 saturated heterocycles. The lowest BCUT2D eigenvalue weighted by atomic mass is 9.94. The molecule has 0 aromatic rings. The fraction of sp³-hybridized carbons (Fsp3) is 0.933. The molecule has 4 nitrogen and oxygen atoms in total. The van der Waals surface area contributed by atoms with Crippen molar-refractivity contribution in [1.82, 2.24) is 10.2 Å². The molecule has 1 amide bonds. The minimum Gasteiger partial charge on any atom is -0.368 e. The molecule has 0 spiro atoms. The second-order valence-corrected chi connectivity index (χ2v) is 6.44. The number of nitrogens with two attached hydrogens (primary N) is 1. The zero-order valence-electron chi connectivity index (χ0n) is 13.0. The van der Waals surface area contributed by atoms with Crippen LogP contribution < -0.4 is 11.1 Å². The van der Waals surface area contributed by atoms with Crippen LogP contribution in [0.25, 0.3) is 0 Å². The maximum absolute atomic E-state index is 11.4. The van der Waals surface area contributed by atoms with Crippen molar-refractivity contribution in [1.29, 1.82) is 0 Å². The summed E-state index contributed by atoms with van der Waals surface area (Å²) >= 11 is 0. The normalized spacial score (nSPS) is 18.8. The quantitative estimate of drug-likeness (QED) is 0.594. The highest BCUT2D eigenvalue weighted by molar-refractivity contribution is 5.84. The molecule has 1 atom stereocenters. The lowest BCUT2D eigenvalue weighted by molar-refractivity contribution is -0.123. The van der Waals surface area contributed by atoms with Gasteiger partial charge < -0.3 is 16.0 Å². The zero-order chi connectivity index (χ0) is 14.5. The van der Waals surface area contributed by atoms with Crippen LogP contribution in [0.4, 0.5) is 0 Å². The number of hydrogen-bond donors (Lipinski definition) is 2. The number of amides is 1. The van der Waals surface area contributed by atoms with Gasteiger partial charge in [0.1, 0.15) is 0 Å². The van der Waals surface area contributed by atoms with E-state index in [0.717, 1.165) is 31.7 Å². The monoisotopic (exact) mass is 269 g/mol. The lowest BCUT2D eigenvalue weighted by Gasteiger charge is -2.28. The number of nitrogens with zero attached hydrogens (tertiary/aromatic N) is 1. The van der Waals surface area contributed by atoms with E-state index in [0.29, 0.717) is 6.04 Å². The van der Waals surface area contributed by atoms with Crippen LogP contribution in [-0.4, -0.2) is 42.5 Å². The van der Waals surface area contributed by atoms with Crippen molar-refractivity contribution in [3.05, 3.63) is 0 Å². The molecule has 1 unspecified atom stereocenters. The third kappa shape index (κ3) is 5.49. The van der Waals surface area contributed by atoms with Crippen molar-refractivity contribution in [3.8, 4) is 0 Å². The first-order valence-corrected chi connectivity index (χ1v) is 7.62. The number of unbranched alkanes of at least 4 members (excludes halogenated alkanes) is 1. The molecule has 0 heterocycles. The van der Waals surface area contributed by atoms with Crippen molar-refractivity contribution < 1.29 is 4.79 Å². The summed E-state index contributed by atoms with van der Waals surface area (Å²) < 4.78 is 0. The summed E-state index contributed by atoms with van der Waals surface area (Å²) in [6.07, 6.45) is 5.79. The van der Waals surface area contributed by atoms with Crippen molar-refractivity contribution >= 4 is 5.91 Å². The average molecular weight is 269 g/mol. The number of carbonyl (C=O) groups excluding carboxylic acids is 1. The minimum atomic E-state index is -0.556. The van der Waals surface area contributed by atoms with E-state index in [1.54, 1.807) is 7.05 Å². The molecule has 4 heteroatoms. The van der Waals surface area contributed by atoms with Gasteiger partial charge in [-0.3, -0.25) is 4.79 Å². The van der Waals surface area contributed by atoms with E-state index in [2.05, 4.69) is 24.1 Å². The van der Waals surface area contributed by atoms with Gasteiger partial charge in [-0.05, 0) is 72.4 Å². The number of rotatable bonds is 10. The molecule has 0 aromatic carbocycles. The molecular weight excluding hydrogens is 238 g/mol. The molecular formula is C15H31N3O. The summed E-state index contributed by atoms with van der Waals surface area (Å²) in [7, 11) is 1.80. The predicted molar refractivity (Wildman–Crippen MR) is 79.9 cm³/mol. The van der Waals surface area contributed by atoms with Gasteiger partial charge in [-0.1, -0.05) is 0 Å². The van der Waals surface area contributed by atoms with E-state index in [-0.39, 0.29) is 5.91 Å². The Morgan fingerprint density at radius 2 is 2.05 bits per heavy atom. The third-order valence-electron chi connectivity index (χ3n) is 4.39. The fourth-order valence-electron chi connectivity index (χ4n) is 2.36. The van der Waals surface area contributed by atoms with Crippen LogP contribution >= 0.6 is 0 Å². The Hall–Kier alpha value is -0.610. The Kier molecular flexibility index (Phi) is 6.27. The summed E-state index contributed by atoms with van der Waals surface area (Å²) in [5, 5.41) is 3.04. The van der Waals surface area contributed by atoms with Crippen molar-refractivity contribution in [3.63, 3.8) is 0 Å². The third-order valence-corrected chi connectivity index (χ3v) is 4.39. The highest BCUT2D eigenvalue weighted by Gasteiger charge is 2.28. The summed E-state index contributed by atoms with van der Waals surface area (Å²) in [6.45, 7) is 8.80. The molecule has 112 valence electrons. The first-order chi connectivity index (χ1) is 8.89.